The molecule has 1 aromatic heterocycles. The number of hydrogen-bond donors (Lipinski definition) is 0. The van der Waals surface area contributed by atoms with Gasteiger partial charge in [0.25, 0.3) is 5.91 Å². The minimum atomic E-state index is -0.540. The van der Waals surface area contributed by atoms with Gasteiger partial charge in [-0.25, -0.2) is 0 Å². The quantitative estimate of drug-likeness (QED) is 0.817. The monoisotopic (exact) mass is 363 g/mol. The fourth-order valence-corrected chi connectivity index (χ4v) is 3.07. The number of carbonyl (C=O) groups is 1. The molecular weight excluding hydrogens is 342 g/mol. The number of carbonyl (C=O) groups excluding carboxylic acids is 1. The van der Waals surface area contributed by atoms with Gasteiger partial charge in [0.2, 0.25) is 0 Å². The van der Waals surface area contributed by atoms with Crippen LogP contribution in [-0.4, -0.2) is 53.1 Å². The van der Waals surface area contributed by atoms with Gasteiger partial charge >= 0.3 is 0 Å². The molecule has 134 valence electrons. The Kier molecular flexibility index (Phi) is 5.60. The molecule has 1 aliphatic heterocycles. The van der Waals surface area contributed by atoms with Gasteiger partial charge < -0.3 is 14.2 Å². The van der Waals surface area contributed by atoms with Crippen LogP contribution in [0.15, 0.2) is 34.9 Å². The van der Waals surface area contributed by atoms with E-state index in [1.54, 1.807) is 31.2 Å². The second kappa shape index (κ2) is 7.89. The van der Waals surface area contributed by atoms with Gasteiger partial charge in [0.05, 0.1) is 12.2 Å². The summed E-state index contributed by atoms with van der Waals surface area (Å²) in [5, 5.41) is 4.49. The number of ether oxygens (including phenoxy) is 1. The molecule has 0 spiro atoms. The van der Waals surface area contributed by atoms with Crippen molar-refractivity contribution in [2.24, 2.45) is 0 Å². The van der Waals surface area contributed by atoms with Crippen molar-refractivity contribution in [1.82, 2.24) is 15.0 Å². The first-order valence-electron chi connectivity index (χ1n) is 8.37. The smallest absolute Gasteiger partial charge is 0.263 e. The summed E-state index contributed by atoms with van der Waals surface area (Å²) in [6.45, 7) is 7.35. The summed E-state index contributed by atoms with van der Waals surface area (Å²) < 4.78 is 11.0. The number of benzene rings is 1. The van der Waals surface area contributed by atoms with E-state index in [0.29, 0.717) is 23.9 Å². The Labute approximate surface area is 152 Å². The molecule has 0 bridgehead atoms. The molecule has 6 nitrogen and oxygen atoms in total. The van der Waals surface area contributed by atoms with Crippen molar-refractivity contribution in [2.75, 3.05) is 26.2 Å². The molecule has 1 aliphatic rings. The van der Waals surface area contributed by atoms with Crippen LogP contribution in [0.4, 0.5) is 0 Å². The Morgan fingerprint density at radius 2 is 2.08 bits per heavy atom. The predicted molar refractivity (Wildman–Crippen MR) is 94.6 cm³/mol. The van der Waals surface area contributed by atoms with Gasteiger partial charge in [-0.05, 0) is 32.0 Å². The zero-order valence-electron chi connectivity index (χ0n) is 14.4. The maximum atomic E-state index is 12.6. The Bertz CT molecular complexity index is 726. The summed E-state index contributed by atoms with van der Waals surface area (Å²) >= 11 is 5.95. The Morgan fingerprint density at radius 1 is 1.32 bits per heavy atom. The van der Waals surface area contributed by atoms with Crippen molar-refractivity contribution in [3.63, 3.8) is 0 Å². The normalized spacial score (nSPS) is 16.7. The molecule has 0 saturated carbocycles. The SMILES string of the molecule is Cc1cc(CN2CCN(C(=O)C(C)Oc3cccc(Cl)c3)CC2)on1. The van der Waals surface area contributed by atoms with Gasteiger partial charge in [0, 0.05) is 37.3 Å². The van der Waals surface area contributed by atoms with Crippen molar-refractivity contribution in [3.05, 3.63) is 46.8 Å². The lowest BCUT2D eigenvalue weighted by Gasteiger charge is -2.35. The van der Waals surface area contributed by atoms with Gasteiger partial charge in [-0.2, -0.15) is 0 Å². The van der Waals surface area contributed by atoms with E-state index in [9.17, 15) is 4.79 Å². The van der Waals surface area contributed by atoms with E-state index < -0.39 is 6.10 Å². The Hall–Kier alpha value is -2.05. The molecule has 25 heavy (non-hydrogen) atoms. The second-order valence-corrected chi connectivity index (χ2v) is 6.69. The average Bonchev–Trinajstić information content (AvgIpc) is 3.00. The number of amides is 1. The first-order valence-corrected chi connectivity index (χ1v) is 8.74. The van der Waals surface area contributed by atoms with Crippen molar-refractivity contribution in [1.29, 1.82) is 0 Å². The Balaban J connectivity index is 1.49. The van der Waals surface area contributed by atoms with Gasteiger partial charge in [-0.3, -0.25) is 9.69 Å². The minimum Gasteiger partial charge on any atom is -0.481 e. The van der Waals surface area contributed by atoms with E-state index >= 15 is 0 Å². The summed E-state index contributed by atoms with van der Waals surface area (Å²) in [6.07, 6.45) is -0.540. The highest BCUT2D eigenvalue weighted by Gasteiger charge is 2.26. The minimum absolute atomic E-state index is 0.00450. The second-order valence-electron chi connectivity index (χ2n) is 6.25. The molecular formula is C18H22ClN3O3. The summed E-state index contributed by atoms with van der Waals surface area (Å²) in [5.41, 5.74) is 0.885. The number of nitrogens with zero attached hydrogens (tertiary/aromatic N) is 3. The molecule has 0 N–H and O–H groups in total. The lowest BCUT2D eigenvalue weighted by molar-refractivity contribution is -0.139. The standard InChI is InChI=1S/C18H22ClN3O3/c1-13-10-17(25-20-13)12-21-6-8-22(9-7-21)18(23)14(2)24-16-5-3-4-15(19)11-16/h3-5,10-11,14H,6-9,12H2,1-2H3. The summed E-state index contributed by atoms with van der Waals surface area (Å²) in [6, 6.07) is 9.03. The number of hydrogen-bond acceptors (Lipinski definition) is 5. The van der Waals surface area contributed by atoms with Crippen molar-refractivity contribution < 1.29 is 14.1 Å². The topological polar surface area (TPSA) is 58.8 Å². The number of aromatic nitrogens is 1. The summed E-state index contributed by atoms with van der Waals surface area (Å²) in [7, 11) is 0. The van der Waals surface area contributed by atoms with Crippen LogP contribution in [-0.2, 0) is 11.3 Å². The van der Waals surface area contributed by atoms with Crippen molar-refractivity contribution in [3.8, 4) is 5.75 Å². The molecule has 2 heterocycles. The third kappa shape index (κ3) is 4.74. The third-order valence-corrected chi connectivity index (χ3v) is 4.43. The molecule has 1 fully saturated rings. The van der Waals surface area contributed by atoms with E-state index in [0.717, 1.165) is 31.1 Å². The molecule has 7 heteroatoms. The lowest BCUT2D eigenvalue weighted by atomic mass is 10.2. The largest absolute Gasteiger partial charge is 0.481 e. The third-order valence-electron chi connectivity index (χ3n) is 4.20. The first kappa shape index (κ1) is 17.8. The highest BCUT2D eigenvalue weighted by molar-refractivity contribution is 6.30. The fraction of sp³-hybridized carbons (Fsp3) is 0.444. The van der Waals surface area contributed by atoms with E-state index in [4.69, 9.17) is 20.9 Å². The summed E-state index contributed by atoms with van der Waals surface area (Å²) in [4.78, 5) is 16.7. The van der Waals surface area contributed by atoms with Crippen LogP contribution >= 0.6 is 11.6 Å². The highest BCUT2D eigenvalue weighted by atomic mass is 35.5. The highest BCUT2D eigenvalue weighted by Crippen LogP contribution is 2.19. The van der Waals surface area contributed by atoms with Gasteiger partial charge in [-0.15, -0.1) is 0 Å². The van der Waals surface area contributed by atoms with Crippen LogP contribution in [0.25, 0.3) is 0 Å². The Morgan fingerprint density at radius 3 is 2.72 bits per heavy atom. The molecule has 1 amide bonds. The maximum absolute atomic E-state index is 12.6. The van der Waals surface area contributed by atoms with E-state index in [1.165, 1.54) is 0 Å². The van der Waals surface area contributed by atoms with E-state index in [2.05, 4.69) is 10.1 Å². The zero-order chi connectivity index (χ0) is 17.8. The molecule has 0 aliphatic carbocycles. The lowest BCUT2D eigenvalue weighted by Crippen LogP contribution is -2.51. The number of piperazine rings is 1. The molecule has 1 atom stereocenters. The fourth-order valence-electron chi connectivity index (χ4n) is 2.89. The number of aryl methyl sites for hydroxylation is 1. The number of rotatable bonds is 5. The van der Waals surface area contributed by atoms with Crippen LogP contribution < -0.4 is 4.74 Å². The molecule has 2 aromatic rings. The van der Waals surface area contributed by atoms with Crippen LogP contribution in [0, 0.1) is 6.92 Å². The van der Waals surface area contributed by atoms with E-state index in [-0.39, 0.29) is 5.91 Å². The average molecular weight is 364 g/mol. The molecule has 1 unspecified atom stereocenters. The molecule has 0 radical (unpaired) electrons. The first-order chi connectivity index (χ1) is 12.0. The van der Waals surface area contributed by atoms with Gasteiger partial charge in [-0.1, -0.05) is 22.8 Å². The van der Waals surface area contributed by atoms with Gasteiger partial charge in [0.15, 0.2) is 11.9 Å². The van der Waals surface area contributed by atoms with Crippen LogP contribution in [0.2, 0.25) is 5.02 Å². The summed E-state index contributed by atoms with van der Waals surface area (Å²) in [5.74, 6) is 1.46. The van der Waals surface area contributed by atoms with E-state index in [1.807, 2.05) is 17.9 Å². The maximum Gasteiger partial charge on any atom is 0.263 e. The predicted octanol–water partition coefficient (Wildman–Crippen LogP) is 2.75. The van der Waals surface area contributed by atoms with Crippen molar-refractivity contribution >= 4 is 17.5 Å². The number of halogens is 1. The molecule has 1 aromatic carbocycles. The van der Waals surface area contributed by atoms with Crippen LogP contribution in [0.5, 0.6) is 5.75 Å². The zero-order valence-corrected chi connectivity index (χ0v) is 15.2. The van der Waals surface area contributed by atoms with Crippen molar-refractivity contribution in [2.45, 2.75) is 26.5 Å². The van der Waals surface area contributed by atoms with Crippen LogP contribution in [0.3, 0.4) is 0 Å². The van der Waals surface area contributed by atoms with Crippen LogP contribution in [0.1, 0.15) is 18.4 Å². The van der Waals surface area contributed by atoms with Gasteiger partial charge in [0.1, 0.15) is 5.75 Å². The molecule has 1 saturated heterocycles. The molecule has 3 rings (SSSR count).